The van der Waals surface area contributed by atoms with Gasteiger partial charge in [-0.15, -0.1) is 0 Å². The van der Waals surface area contributed by atoms with Crippen molar-refractivity contribution in [3.63, 3.8) is 0 Å². The number of benzene rings is 1. The van der Waals surface area contributed by atoms with Crippen molar-refractivity contribution in [2.75, 3.05) is 32.7 Å². The fourth-order valence-electron chi connectivity index (χ4n) is 4.75. The summed E-state index contributed by atoms with van der Waals surface area (Å²) in [4.78, 5) is 26.5. The molecular formula is C23H28F7N3O2. The van der Waals surface area contributed by atoms with Crippen molar-refractivity contribution in [1.82, 2.24) is 15.5 Å². The van der Waals surface area contributed by atoms with Gasteiger partial charge in [0.25, 0.3) is 5.91 Å². The van der Waals surface area contributed by atoms with Crippen LogP contribution in [0.3, 0.4) is 0 Å². The average Bonchev–Trinajstić information content (AvgIpc) is 3.29. The largest absolute Gasteiger partial charge is 0.416 e. The molecule has 2 fully saturated rings. The molecule has 0 unspecified atom stereocenters. The molecule has 35 heavy (non-hydrogen) atoms. The van der Waals surface area contributed by atoms with Gasteiger partial charge in [-0.3, -0.25) is 9.59 Å². The number of likely N-dealkylation sites (tertiary alicyclic amines) is 1. The first-order valence-corrected chi connectivity index (χ1v) is 11.6. The van der Waals surface area contributed by atoms with Crippen LogP contribution in [0.25, 0.3) is 0 Å². The Morgan fingerprint density at radius 3 is 2.17 bits per heavy atom. The van der Waals surface area contributed by atoms with E-state index in [2.05, 4.69) is 10.6 Å². The van der Waals surface area contributed by atoms with E-state index in [1.807, 2.05) is 4.90 Å². The fraction of sp³-hybridized carbons (Fsp3) is 0.652. The number of alkyl halides is 6. The SMILES string of the molecule is O=C(NCC1CCN(CCNC(=O)C2(C(F)(F)F)CCCC2)CC1)c1cc(F)cc(C(F)(F)F)c1. The summed E-state index contributed by atoms with van der Waals surface area (Å²) >= 11 is 0. The zero-order valence-electron chi connectivity index (χ0n) is 19.0. The zero-order chi connectivity index (χ0) is 25.9. The average molecular weight is 511 g/mol. The van der Waals surface area contributed by atoms with E-state index in [1.54, 1.807) is 0 Å². The van der Waals surface area contributed by atoms with Crippen LogP contribution < -0.4 is 10.6 Å². The molecule has 1 saturated heterocycles. The monoisotopic (exact) mass is 511 g/mol. The lowest BCUT2D eigenvalue weighted by Gasteiger charge is -2.33. The van der Waals surface area contributed by atoms with E-state index in [1.165, 1.54) is 0 Å². The van der Waals surface area contributed by atoms with Gasteiger partial charge in [-0.05, 0) is 62.9 Å². The van der Waals surface area contributed by atoms with E-state index in [0.29, 0.717) is 57.5 Å². The third kappa shape index (κ3) is 6.65. The minimum absolute atomic E-state index is 0.0485. The van der Waals surface area contributed by atoms with E-state index in [9.17, 15) is 40.3 Å². The van der Waals surface area contributed by atoms with Crippen LogP contribution in [-0.4, -0.2) is 55.6 Å². The van der Waals surface area contributed by atoms with Gasteiger partial charge in [0.05, 0.1) is 5.56 Å². The Kier molecular flexibility index (Phi) is 8.33. The molecule has 196 valence electrons. The smallest absolute Gasteiger partial charge is 0.354 e. The van der Waals surface area contributed by atoms with E-state index < -0.39 is 46.5 Å². The van der Waals surface area contributed by atoms with Crippen LogP contribution >= 0.6 is 0 Å². The van der Waals surface area contributed by atoms with Gasteiger partial charge in [-0.1, -0.05) is 12.8 Å². The standard InChI is InChI=1S/C23H28F7N3O2/c24-18-12-16(11-17(13-18)22(25,26)27)19(34)32-14-15-3-8-33(9-4-15)10-7-31-20(35)21(23(28,29)30)5-1-2-6-21/h11-13,15H,1-10,14H2,(H,31,35)(H,32,34). The molecule has 0 aromatic heterocycles. The van der Waals surface area contributed by atoms with Gasteiger partial charge in [-0.2, -0.15) is 26.3 Å². The summed E-state index contributed by atoms with van der Waals surface area (Å²) in [6.45, 7) is 1.88. The maximum Gasteiger partial charge on any atom is 0.416 e. The number of nitrogens with one attached hydrogen (secondary N) is 2. The van der Waals surface area contributed by atoms with E-state index >= 15 is 0 Å². The molecule has 12 heteroatoms. The number of hydrogen-bond donors (Lipinski definition) is 2. The summed E-state index contributed by atoms with van der Waals surface area (Å²) < 4.78 is 92.4. The lowest BCUT2D eigenvalue weighted by molar-refractivity contribution is -0.220. The highest BCUT2D eigenvalue weighted by Gasteiger charge is 2.60. The Hall–Kier alpha value is -2.37. The Balaban J connectivity index is 1.40. The van der Waals surface area contributed by atoms with E-state index in [-0.39, 0.29) is 31.8 Å². The second kappa shape index (κ2) is 10.7. The van der Waals surface area contributed by atoms with Gasteiger partial charge in [0.2, 0.25) is 5.91 Å². The van der Waals surface area contributed by atoms with Gasteiger partial charge >= 0.3 is 12.4 Å². The van der Waals surface area contributed by atoms with Crippen molar-refractivity contribution >= 4 is 11.8 Å². The topological polar surface area (TPSA) is 61.4 Å². The lowest BCUT2D eigenvalue weighted by Crippen LogP contribution is -2.50. The van der Waals surface area contributed by atoms with Crippen LogP contribution in [0.15, 0.2) is 18.2 Å². The molecule has 0 radical (unpaired) electrons. The fourth-order valence-corrected chi connectivity index (χ4v) is 4.75. The first-order chi connectivity index (χ1) is 16.3. The predicted molar refractivity (Wildman–Crippen MR) is 113 cm³/mol. The summed E-state index contributed by atoms with van der Waals surface area (Å²) in [5.74, 6) is -2.87. The Morgan fingerprint density at radius 1 is 0.971 bits per heavy atom. The summed E-state index contributed by atoms with van der Waals surface area (Å²) in [6.07, 6.45) is -7.67. The molecule has 1 aromatic rings. The van der Waals surface area contributed by atoms with Crippen molar-refractivity contribution < 1.29 is 40.3 Å². The molecule has 1 saturated carbocycles. The van der Waals surface area contributed by atoms with Crippen LogP contribution in [-0.2, 0) is 11.0 Å². The first kappa shape index (κ1) is 27.2. The molecule has 0 spiro atoms. The van der Waals surface area contributed by atoms with Crippen LogP contribution in [0.1, 0.15) is 54.4 Å². The third-order valence-corrected chi connectivity index (χ3v) is 6.89. The molecule has 0 atom stereocenters. The summed E-state index contributed by atoms with van der Waals surface area (Å²) in [7, 11) is 0. The predicted octanol–water partition coefficient (Wildman–Crippen LogP) is 4.53. The molecular weight excluding hydrogens is 483 g/mol. The Bertz CT molecular complexity index is 903. The number of carbonyl (C=O) groups is 2. The van der Waals surface area contributed by atoms with E-state index in [4.69, 9.17) is 0 Å². The van der Waals surface area contributed by atoms with Gasteiger partial charge in [0.1, 0.15) is 11.2 Å². The number of amides is 2. The molecule has 5 nitrogen and oxygen atoms in total. The molecule has 1 heterocycles. The molecule has 3 rings (SSSR count). The molecule has 1 aliphatic heterocycles. The molecule has 1 aromatic carbocycles. The highest BCUT2D eigenvalue weighted by molar-refractivity contribution is 5.94. The van der Waals surface area contributed by atoms with Gasteiger partial charge in [0.15, 0.2) is 0 Å². The molecule has 1 aliphatic carbocycles. The Morgan fingerprint density at radius 2 is 1.60 bits per heavy atom. The quantitative estimate of drug-likeness (QED) is 0.529. The second-order valence-electron chi connectivity index (χ2n) is 9.26. The highest BCUT2D eigenvalue weighted by atomic mass is 19.4. The number of nitrogens with zero attached hydrogens (tertiary/aromatic N) is 1. The molecule has 2 N–H and O–H groups in total. The van der Waals surface area contributed by atoms with Crippen LogP contribution in [0.5, 0.6) is 0 Å². The van der Waals surface area contributed by atoms with Gasteiger partial charge < -0.3 is 15.5 Å². The minimum Gasteiger partial charge on any atom is -0.354 e. The van der Waals surface area contributed by atoms with Crippen LogP contribution in [0.2, 0.25) is 0 Å². The third-order valence-electron chi connectivity index (χ3n) is 6.89. The van der Waals surface area contributed by atoms with Crippen LogP contribution in [0.4, 0.5) is 30.7 Å². The number of piperidine rings is 1. The van der Waals surface area contributed by atoms with Crippen LogP contribution in [0, 0.1) is 17.2 Å². The van der Waals surface area contributed by atoms with Crippen molar-refractivity contribution in [3.05, 3.63) is 35.1 Å². The second-order valence-corrected chi connectivity index (χ2v) is 9.26. The number of hydrogen-bond acceptors (Lipinski definition) is 3. The minimum atomic E-state index is -4.77. The summed E-state index contributed by atoms with van der Waals surface area (Å²) in [5, 5.41) is 4.98. The maximum atomic E-state index is 13.5. The first-order valence-electron chi connectivity index (χ1n) is 11.6. The number of rotatable bonds is 7. The molecule has 0 bridgehead atoms. The summed E-state index contributed by atoms with van der Waals surface area (Å²) in [6, 6.07) is 1.67. The zero-order valence-corrected chi connectivity index (χ0v) is 19.0. The highest BCUT2D eigenvalue weighted by Crippen LogP contribution is 2.50. The summed E-state index contributed by atoms with van der Waals surface area (Å²) in [5.41, 5.74) is -3.94. The normalized spacial score (nSPS) is 19.5. The lowest BCUT2D eigenvalue weighted by atomic mass is 9.84. The number of carbonyl (C=O) groups excluding carboxylic acids is 2. The molecule has 2 aliphatic rings. The van der Waals surface area contributed by atoms with Crippen molar-refractivity contribution in [2.24, 2.45) is 11.3 Å². The van der Waals surface area contributed by atoms with Gasteiger partial charge in [0, 0.05) is 25.2 Å². The molecule has 2 amide bonds. The van der Waals surface area contributed by atoms with Gasteiger partial charge in [-0.25, -0.2) is 4.39 Å². The number of halogens is 7. The van der Waals surface area contributed by atoms with E-state index in [0.717, 1.165) is 6.07 Å². The maximum absolute atomic E-state index is 13.5. The van der Waals surface area contributed by atoms with Crippen molar-refractivity contribution in [3.8, 4) is 0 Å². The van der Waals surface area contributed by atoms with Crippen molar-refractivity contribution in [1.29, 1.82) is 0 Å². The Labute approximate surface area is 198 Å². The van der Waals surface area contributed by atoms with Crippen molar-refractivity contribution in [2.45, 2.75) is 50.9 Å².